The number of para-hydroxylation sites is 2. The number of aromatic nitrogens is 4. The van der Waals surface area contributed by atoms with Crippen molar-refractivity contribution in [2.75, 3.05) is 0 Å². The predicted molar refractivity (Wildman–Crippen MR) is 67.1 cm³/mol. The molecular weight excluding hydrogens is 250 g/mol. The Morgan fingerprint density at radius 2 is 2.05 bits per heavy atom. The van der Waals surface area contributed by atoms with Crippen molar-refractivity contribution in [1.82, 2.24) is 19.1 Å². The first-order valence-corrected chi connectivity index (χ1v) is 5.88. The minimum absolute atomic E-state index is 0.281. The van der Waals surface area contributed by atoms with Gasteiger partial charge in [-0.05, 0) is 19.1 Å². The number of halogens is 2. The van der Waals surface area contributed by atoms with E-state index in [2.05, 4.69) is 9.97 Å². The van der Waals surface area contributed by atoms with Crippen LogP contribution in [0.25, 0.3) is 11.0 Å². The highest BCUT2D eigenvalue weighted by Gasteiger charge is 2.14. The lowest BCUT2D eigenvalue weighted by atomic mass is 10.3. The molecule has 0 spiro atoms. The van der Waals surface area contributed by atoms with Crippen LogP contribution in [0.2, 0.25) is 0 Å². The van der Waals surface area contributed by atoms with E-state index in [0.29, 0.717) is 5.82 Å². The van der Waals surface area contributed by atoms with Crippen molar-refractivity contribution >= 4 is 11.0 Å². The fraction of sp³-hybridized carbons (Fsp3) is 0.231. The molecule has 0 atom stereocenters. The number of benzene rings is 1. The van der Waals surface area contributed by atoms with Gasteiger partial charge in [0.25, 0.3) is 0 Å². The quantitative estimate of drug-likeness (QED) is 0.727. The zero-order chi connectivity index (χ0) is 13.4. The molecule has 0 fully saturated rings. The van der Waals surface area contributed by atoms with Gasteiger partial charge in [-0.25, -0.2) is 9.97 Å². The number of hydrogen-bond donors (Lipinski definition) is 0. The third-order valence-electron chi connectivity index (χ3n) is 3.10. The summed E-state index contributed by atoms with van der Waals surface area (Å²) in [7, 11) is 0. The van der Waals surface area contributed by atoms with Crippen LogP contribution < -0.4 is 0 Å². The van der Waals surface area contributed by atoms with Crippen molar-refractivity contribution in [3.05, 3.63) is 48.3 Å². The smallest absolute Gasteiger partial charge is 0.319 e. The van der Waals surface area contributed by atoms with E-state index in [-0.39, 0.29) is 6.54 Å². The van der Waals surface area contributed by atoms with Crippen molar-refractivity contribution in [3.63, 3.8) is 0 Å². The summed E-state index contributed by atoms with van der Waals surface area (Å²) in [5.41, 5.74) is 1.78. The van der Waals surface area contributed by atoms with Gasteiger partial charge in [-0.15, -0.1) is 0 Å². The highest BCUT2D eigenvalue weighted by molar-refractivity contribution is 5.75. The SMILES string of the molecule is Cc1nc2ccccc2n1Cc1nccn1C(F)F. The molecule has 0 aliphatic carbocycles. The Bertz CT molecular complexity index is 714. The Balaban J connectivity index is 2.06. The first-order valence-electron chi connectivity index (χ1n) is 5.88. The molecule has 4 nitrogen and oxygen atoms in total. The number of imidazole rings is 2. The van der Waals surface area contributed by atoms with Gasteiger partial charge < -0.3 is 4.57 Å². The van der Waals surface area contributed by atoms with Crippen LogP contribution in [-0.4, -0.2) is 19.1 Å². The Hall–Kier alpha value is -2.24. The molecule has 0 bridgehead atoms. The summed E-state index contributed by atoms with van der Waals surface area (Å²) >= 11 is 0. The summed E-state index contributed by atoms with van der Waals surface area (Å²) in [6.45, 7) is -0.438. The number of aryl methyl sites for hydroxylation is 1. The monoisotopic (exact) mass is 262 g/mol. The summed E-state index contributed by atoms with van der Waals surface area (Å²) in [5.74, 6) is 1.10. The van der Waals surface area contributed by atoms with Crippen LogP contribution in [0.1, 0.15) is 18.2 Å². The van der Waals surface area contributed by atoms with Gasteiger partial charge in [0.05, 0.1) is 17.6 Å². The standard InChI is InChI=1S/C13H12F2N4/c1-9-17-10-4-2-3-5-11(10)19(9)8-12-16-6-7-18(12)13(14)15/h2-7,13H,8H2,1H3. The Morgan fingerprint density at radius 3 is 2.84 bits per heavy atom. The van der Waals surface area contributed by atoms with E-state index in [1.54, 1.807) is 0 Å². The van der Waals surface area contributed by atoms with Crippen molar-refractivity contribution in [2.24, 2.45) is 0 Å². The van der Waals surface area contributed by atoms with E-state index >= 15 is 0 Å². The number of fused-ring (bicyclic) bond motifs is 1. The Morgan fingerprint density at radius 1 is 1.26 bits per heavy atom. The molecule has 6 heteroatoms. The molecule has 98 valence electrons. The zero-order valence-electron chi connectivity index (χ0n) is 10.3. The van der Waals surface area contributed by atoms with E-state index in [0.717, 1.165) is 21.4 Å². The fourth-order valence-corrected chi connectivity index (χ4v) is 2.18. The zero-order valence-corrected chi connectivity index (χ0v) is 10.3. The molecule has 0 saturated carbocycles. The Kier molecular flexibility index (Phi) is 2.77. The maximum atomic E-state index is 12.8. The van der Waals surface area contributed by atoms with Crippen LogP contribution >= 0.6 is 0 Å². The molecule has 3 rings (SSSR count). The van der Waals surface area contributed by atoms with Crippen LogP contribution in [0, 0.1) is 6.92 Å². The average Bonchev–Trinajstić information content (AvgIpc) is 2.96. The van der Waals surface area contributed by atoms with Gasteiger partial charge in [0.1, 0.15) is 11.6 Å². The molecule has 3 aromatic rings. The van der Waals surface area contributed by atoms with Crippen molar-refractivity contribution in [2.45, 2.75) is 20.0 Å². The highest BCUT2D eigenvalue weighted by atomic mass is 19.3. The van der Waals surface area contributed by atoms with Gasteiger partial charge in [0.2, 0.25) is 0 Å². The number of hydrogen-bond acceptors (Lipinski definition) is 2. The first-order chi connectivity index (χ1) is 9.16. The lowest BCUT2D eigenvalue weighted by Gasteiger charge is -2.09. The molecule has 0 saturated heterocycles. The first kappa shape index (κ1) is 11.8. The van der Waals surface area contributed by atoms with Gasteiger partial charge >= 0.3 is 6.55 Å². The maximum absolute atomic E-state index is 12.8. The van der Waals surface area contributed by atoms with Gasteiger partial charge in [-0.2, -0.15) is 8.78 Å². The summed E-state index contributed by atoms with van der Waals surface area (Å²) in [4.78, 5) is 8.40. The van der Waals surface area contributed by atoms with Crippen molar-refractivity contribution in [3.8, 4) is 0 Å². The highest BCUT2D eigenvalue weighted by Crippen LogP contribution is 2.19. The lowest BCUT2D eigenvalue weighted by molar-refractivity contribution is 0.0667. The lowest BCUT2D eigenvalue weighted by Crippen LogP contribution is -2.10. The van der Waals surface area contributed by atoms with Crippen LogP contribution in [0.4, 0.5) is 8.78 Å². The summed E-state index contributed by atoms with van der Waals surface area (Å²) in [5, 5.41) is 0. The molecule has 2 heterocycles. The third kappa shape index (κ3) is 1.99. The molecule has 0 aliphatic heterocycles. The number of alkyl halides is 2. The van der Waals surface area contributed by atoms with E-state index in [9.17, 15) is 8.78 Å². The van der Waals surface area contributed by atoms with E-state index in [4.69, 9.17) is 0 Å². The Labute approximate surface area is 108 Å². The second kappa shape index (κ2) is 4.46. The van der Waals surface area contributed by atoms with Crippen LogP contribution in [0.3, 0.4) is 0 Å². The molecule has 0 N–H and O–H groups in total. The normalized spacial score (nSPS) is 11.6. The van der Waals surface area contributed by atoms with Gasteiger partial charge in [-0.3, -0.25) is 4.57 Å². The van der Waals surface area contributed by atoms with Crippen molar-refractivity contribution < 1.29 is 8.78 Å². The topological polar surface area (TPSA) is 35.6 Å². The minimum Gasteiger partial charge on any atom is -0.321 e. The second-order valence-corrected chi connectivity index (χ2v) is 4.26. The minimum atomic E-state index is -2.58. The summed E-state index contributed by atoms with van der Waals surface area (Å²) < 4.78 is 28.4. The molecule has 0 amide bonds. The van der Waals surface area contributed by atoms with Gasteiger partial charge in [0, 0.05) is 12.4 Å². The fourth-order valence-electron chi connectivity index (χ4n) is 2.18. The molecule has 0 unspecified atom stereocenters. The van der Waals surface area contributed by atoms with Gasteiger partial charge in [0.15, 0.2) is 0 Å². The molecule has 19 heavy (non-hydrogen) atoms. The van der Waals surface area contributed by atoms with E-state index in [1.165, 1.54) is 12.4 Å². The van der Waals surface area contributed by atoms with Crippen molar-refractivity contribution in [1.29, 1.82) is 0 Å². The summed E-state index contributed by atoms with van der Waals surface area (Å²) in [6.07, 6.45) is 2.67. The molecule has 1 aromatic carbocycles. The molecular formula is C13H12F2N4. The molecule has 2 aromatic heterocycles. The largest absolute Gasteiger partial charge is 0.321 e. The number of nitrogens with zero attached hydrogens (tertiary/aromatic N) is 4. The maximum Gasteiger partial charge on any atom is 0.319 e. The van der Waals surface area contributed by atoms with E-state index in [1.807, 2.05) is 35.8 Å². The molecule has 0 radical (unpaired) electrons. The number of rotatable bonds is 3. The third-order valence-corrected chi connectivity index (χ3v) is 3.10. The average molecular weight is 262 g/mol. The summed E-state index contributed by atoms with van der Waals surface area (Å²) in [6, 6.07) is 7.63. The van der Waals surface area contributed by atoms with E-state index < -0.39 is 6.55 Å². The van der Waals surface area contributed by atoms with Crippen LogP contribution in [-0.2, 0) is 6.54 Å². The van der Waals surface area contributed by atoms with Gasteiger partial charge in [-0.1, -0.05) is 12.1 Å². The predicted octanol–water partition coefficient (Wildman–Crippen LogP) is 2.98. The van der Waals surface area contributed by atoms with Crippen LogP contribution in [0.15, 0.2) is 36.7 Å². The second-order valence-electron chi connectivity index (χ2n) is 4.26. The molecule has 0 aliphatic rings. The van der Waals surface area contributed by atoms with Crippen LogP contribution in [0.5, 0.6) is 0 Å².